The molecule has 0 spiro atoms. The van der Waals surface area contributed by atoms with Gasteiger partial charge in [-0.15, -0.1) is 0 Å². The van der Waals surface area contributed by atoms with Gasteiger partial charge in [-0.1, -0.05) is 67.1 Å². The van der Waals surface area contributed by atoms with Crippen LogP contribution < -0.4 is 5.32 Å². The van der Waals surface area contributed by atoms with Crippen molar-refractivity contribution in [1.82, 2.24) is 5.32 Å². The first kappa shape index (κ1) is 15.4. The normalized spacial score (nSPS) is 25.0. The van der Waals surface area contributed by atoms with Crippen LogP contribution >= 0.6 is 0 Å². The molecule has 2 heteroatoms. The van der Waals surface area contributed by atoms with Crippen LogP contribution in [-0.4, -0.2) is 13.1 Å². The van der Waals surface area contributed by atoms with Crippen molar-refractivity contribution < 1.29 is 0 Å². The Kier molecular flexibility index (Phi) is 4.12. The molecule has 122 valence electrons. The van der Waals surface area contributed by atoms with Crippen molar-refractivity contribution in [3.05, 3.63) is 71.8 Å². The van der Waals surface area contributed by atoms with E-state index in [0.717, 1.165) is 41.7 Å². The molecule has 1 saturated heterocycles. The van der Waals surface area contributed by atoms with Gasteiger partial charge in [0.1, 0.15) is 5.41 Å². The Labute approximate surface area is 144 Å². The molecule has 24 heavy (non-hydrogen) atoms. The Morgan fingerprint density at radius 1 is 0.917 bits per heavy atom. The summed E-state index contributed by atoms with van der Waals surface area (Å²) >= 11 is 0. The molecule has 0 radical (unpaired) electrons. The highest BCUT2D eigenvalue weighted by Crippen LogP contribution is 2.52. The predicted molar refractivity (Wildman–Crippen MR) is 96.5 cm³/mol. The van der Waals surface area contributed by atoms with E-state index in [1.54, 1.807) is 0 Å². The van der Waals surface area contributed by atoms with E-state index in [-0.39, 0.29) is 0 Å². The van der Waals surface area contributed by atoms with Gasteiger partial charge in [0.25, 0.3) is 0 Å². The molecule has 2 fully saturated rings. The number of hydrogen-bond acceptors (Lipinski definition) is 2. The molecule has 1 heterocycles. The van der Waals surface area contributed by atoms with Crippen molar-refractivity contribution >= 4 is 0 Å². The minimum Gasteiger partial charge on any atom is -0.316 e. The second kappa shape index (κ2) is 6.42. The standard InChI is InChI=1S/C22H24N2/c23-16-22(17-8-3-1-4-9-17,18-10-5-2-6-11-18)13-7-12-19-20-14-24-15-21(19)20/h1-6,8-11,19-21,24H,7,12-15H2. The number of piperidine rings is 1. The zero-order chi connectivity index (χ0) is 16.4. The van der Waals surface area contributed by atoms with E-state index < -0.39 is 5.41 Å². The van der Waals surface area contributed by atoms with Gasteiger partial charge in [0, 0.05) is 0 Å². The van der Waals surface area contributed by atoms with Crippen LogP contribution in [0.4, 0.5) is 0 Å². The summed E-state index contributed by atoms with van der Waals surface area (Å²) in [7, 11) is 0. The lowest BCUT2D eigenvalue weighted by molar-refractivity contribution is 0.484. The summed E-state index contributed by atoms with van der Waals surface area (Å²) in [6.45, 7) is 2.41. The van der Waals surface area contributed by atoms with Gasteiger partial charge in [-0.05, 0) is 54.8 Å². The largest absolute Gasteiger partial charge is 0.316 e. The zero-order valence-electron chi connectivity index (χ0n) is 14.0. The van der Waals surface area contributed by atoms with E-state index in [2.05, 4.69) is 35.7 Å². The zero-order valence-corrected chi connectivity index (χ0v) is 14.0. The van der Waals surface area contributed by atoms with Gasteiger partial charge < -0.3 is 5.32 Å². The third kappa shape index (κ3) is 2.64. The van der Waals surface area contributed by atoms with Crippen molar-refractivity contribution in [2.24, 2.45) is 17.8 Å². The molecule has 0 bridgehead atoms. The molecular formula is C22H24N2. The highest BCUT2D eigenvalue weighted by Gasteiger charge is 2.52. The van der Waals surface area contributed by atoms with Gasteiger partial charge in [-0.2, -0.15) is 5.26 Å². The Morgan fingerprint density at radius 2 is 1.46 bits per heavy atom. The van der Waals surface area contributed by atoms with Crippen LogP contribution in [0.1, 0.15) is 30.4 Å². The molecule has 4 rings (SSSR count). The summed E-state index contributed by atoms with van der Waals surface area (Å²) in [6.07, 6.45) is 3.29. The van der Waals surface area contributed by atoms with Crippen LogP contribution in [0.15, 0.2) is 60.7 Å². The van der Waals surface area contributed by atoms with E-state index in [0.29, 0.717) is 0 Å². The molecule has 1 N–H and O–H groups in total. The maximum atomic E-state index is 10.2. The minimum atomic E-state index is -0.523. The molecule has 0 aromatic heterocycles. The number of fused-ring (bicyclic) bond motifs is 1. The third-order valence-corrected chi connectivity index (χ3v) is 6.08. The van der Waals surface area contributed by atoms with Crippen molar-refractivity contribution in [2.75, 3.05) is 13.1 Å². The van der Waals surface area contributed by atoms with Crippen molar-refractivity contribution in [1.29, 1.82) is 5.26 Å². The number of rotatable bonds is 6. The van der Waals surface area contributed by atoms with E-state index >= 15 is 0 Å². The molecule has 2 aromatic rings. The van der Waals surface area contributed by atoms with Gasteiger partial charge in [-0.25, -0.2) is 0 Å². The van der Waals surface area contributed by atoms with Gasteiger partial charge in [0.15, 0.2) is 0 Å². The molecule has 2 unspecified atom stereocenters. The van der Waals surface area contributed by atoms with Gasteiger partial charge >= 0.3 is 0 Å². The Bertz CT molecular complexity index is 667. The molecule has 2 atom stereocenters. The fourth-order valence-electron chi connectivity index (χ4n) is 4.66. The number of hydrogen-bond donors (Lipinski definition) is 1. The van der Waals surface area contributed by atoms with Crippen molar-refractivity contribution in [2.45, 2.75) is 24.7 Å². The highest BCUT2D eigenvalue weighted by atomic mass is 15.0. The van der Waals surface area contributed by atoms with Crippen molar-refractivity contribution in [3.8, 4) is 6.07 Å². The Morgan fingerprint density at radius 3 is 1.96 bits per heavy atom. The van der Waals surface area contributed by atoms with Gasteiger partial charge in [0.05, 0.1) is 6.07 Å². The molecule has 2 aliphatic rings. The third-order valence-electron chi connectivity index (χ3n) is 6.08. The number of benzene rings is 2. The quantitative estimate of drug-likeness (QED) is 0.869. The molecule has 2 nitrogen and oxygen atoms in total. The van der Waals surface area contributed by atoms with Crippen LogP contribution in [0.25, 0.3) is 0 Å². The summed E-state index contributed by atoms with van der Waals surface area (Å²) in [5.41, 5.74) is 1.72. The molecule has 1 aliphatic heterocycles. The lowest BCUT2D eigenvalue weighted by Crippen LogP contribution is -2.26. The van der Waals surface area contributed by atoms with Gasteiger partial charge in [-0.3, -0.25) is 0 Å². The average Bonchev–Trinajstić information content (AvgIpc) is 3.07. The van der Waals surface area contributed by atoms with E-state index in [1.807, 2.05) is 36.4 Å². The molecule has 2 aromatic carbocycles. The number of nitriles is 1. The monoisotopic (exact) mass is 316 g/mol. The fraction of sp³-hybridized carbons (Fsp3) is 0.409. The van der Waals surface area contributed by atoms with Crippen LogP contribution in [0.5, 0.6) is 0 Å². The maximum absolute atomic E-state index is 10.2. The lowest BCUT2D eigenvalue weighted by atomic mass is 9.72. The molecular weight excluding hydrogens is 292 g/mol. The van der Waals surface area contributed by atoms with Crippen LogP contribution in [-0.2, 0) is 5.41 Å². The summed E-state index contributed by atoms with van der Waals surface area (Å²) < 4.78 is 0. The SMILES string of the molecule is N#CC(CCCC1C2CNCC12)(c1ccccc1)c1ccccc1. The lowest BCUT2D eigenvalue weighted by Gasteiger charge is -2.28. The Balaban J connectivity index is 1.55. The Hall–Kier alpha value is -2.11. The van der Waals surface area contributed by atoms with Crippen LogP contribution in [0, 0.1) is 29.1 Å². The molecule has 1 aliphatic carbocycles. The second-order valence-corrected chi connectivity index (χ2v) is 7.29. The van der Waals surface area contributed by atoms with Gasteiger partial charge in [0.2, 0.25) is 0 Å². The van der Waals surface area contributed by atoms with Crippen molar-refractivity contribution in [3.63, 3.8) is 0 Å². The van der Waals surface area contributed by atoms with E-state index in [1.165, 1.54) is 19.5 Å². The summed E-state index contributed by atoms with van der Waals surface area (Å²) in [5.74, 6) is 2.72. The first-order chi connectivity index (χ1) is 11.8. The van der Waals surface area contributed by atoms with E-state index in [4.69, 9.17) is 0 Å². The maximum Gasteiger partial charge on any atom is 0.107 e. The first-order valence-corrected chi connectivity index (χ1v) is 9.08. The first-order valence-electron chi connectivity index (χ1n) is 9.08. The summed E-state index contributed by atoms with van der Waals surface area (Å²) in [4.78, 5) is 0. The average molecular weight is 316 g/mol. The van der Waals surface area contributed by atoms with Crippen LogP contribution in [0.2, 0.25) is 0 Å². The number of nitrogens with one attached hydrogen (secondary N) is 1. The summed E-state index contributed by atoms with van der Waals surface area (Å²) in [5, 5.41) is 13.6. The highest BCUT2D eigenvalue weighted by molar-refractivity contribution is 5.45. The number of nitrogens with zero attached hydrogens (tertiary/aromatic N) is 1. The molecule has 0 amide bonds. The second-order valence-electron chi connectivity index (χ2n) is 7.29. The smallest absolute Gasteiger partial charge is 0.107 e. The minimum absolute atomic E-state index is 0.523. The molecule has 1 saturated carbocycles. The fourth-order valence-corrected chi connectivity index (χ4v) is 4.66. The topological polar surface area (TPSA) is 35.8 Å². The van der Waals surface area contributed by atoms with Crippen LogP contribution in [0.3, 0.4) is 0 Å². The predicted octanol–water partition coefficient (Wildman–Crippen LogP) is 4.13. The van der Waals surface area contributed by atoms with E-state index in [9.17, 15) is 5.26 Å². The summed E-state index contributed by atoms with van der Waals surface area (Å²) in [6, 6.07) is 23.3.